The third-order valence-corrected chi connectivity index (χ3v) is 2.45. The fourth-order valence-electron chi connectivity index (χ4n) is 1.60. The molecule has 0 aliphatic heterocycles. The Labute approximate surface area is 99.8 Å². The minimum Gasteiger partial charge on any atom is -0.454 e. The summed E-state index contributed by atoms with van der Waals surface area (Å²) in [5.41, 5.74) is 6.45. The van der Waals surface area contributed by atoms with Gasteiger partial charge in [-0.2, -0.15) is 0 Å². The second kappa shape index (κ2) is 4.97. The highest BCUT2D eigenvalue weighted by Gasteiger charge is 2.13. The maximum Gasteiger partial charge on any atom is 0.167 e. The van der Waals surface area contributed by atoms with Crippen LogP contribution >= 0.6 is 0 Å². The van der Waals surface area contributed by atoms with E-state index in [4.69, 9.17) is 10.5 Å². The topological polar surface area (TPSA) is 35.2 Å². The van der Waals surface area contributed by atoms with E-state index in [0.29, 0.717) is 11.3 Å². The lowest BCUT2D eigenvalue weighted by Gasteiger charge is -2.14. The van der Waals surface area contributed by atoms with Gasteiger partial charge >= 0.3 is 0 Å². The van der Waals surface area contributed by atoms with Crippen LogP contribution in [0.2, 0.25) is 0 Å². The molecule has 0 heterocycles. The molecular formula is C14H14FNO. The van der Waals surface area contributed by atoms with Gasteiger partial charge in [0.05, 0.1) is 0 Å². The zero-order valence-corrected chi connectivity index (χ0v) is 9.56. The summed E-state index contributed by atoms with van der Waals surface area (Å²) in [5, 5.41) is 0. The van der Waals surface area contributed by atoms with Crippen LogP contribution in [0.1, 0.15) is 18.5 Å². The number of ether oxygens (including phenoxy) is 1. The van der Waals surface area contributed by atoms with Crippen molar-refractivity contribution in [2.24, 2.45) is 5.73 Å². The summed E-state index contributed by atoms with van der Waals surface area (Å²) in [5.74, 6) is 0.400. The van der Waals surface area contributed by atoms with E-state index in [1.165, 1.54) is 6.07 Å². The van der Waals surface area contributed by atoms with Crippen molar-refractivity contribution < 1.29 is 9.13 Å². The minimum atomic E-state index is -0.399. The molecule has 3 heteroatoms. The van der Waals surface area contributed by atoms with Crippen LogP contribution in [0.15, 0.2) is 48.5 Å². The Balaban J connectivity index is 2.38. The quantitative estimate of drug-likeness (QED) is 0.875. The van der Waals surface area contributed by atoms with Crippen LogP contribution in [0.25, 0.3) is 0 Å². The Morgan fingerprint density at radius 2 is 1.76 bits per heavy atom. The highest BCUT2D eigenvalue weighted by Crippen LogP contribution is 2.31. The summed E-state index contributed by atoms with van der Waals surface area (Å²) in [6, 6.07) is 13.6. The zero-order valence-electron chi connectivity index (χ0n) is 9.56. The van der Waals surface area contributed by atoms with Gasteiger partial charge in [0, 0.05) is 11.6 Å². The van der Waals surface area contributed by atoms with Crippen LogP contribution < -0.4 is 10.5 Å². The van der Waals surface area contributed by atoms with Gasteiger partial charge in [0.1, 0.15) is 5.75 Å². The van der Waals surface area contributed by atoms with Gasteiger partial charge in [0.2, 0.25) is 0 Å². The van der Waals surface area contributed by atoms with Crippen molar-refractivity contribution in [3.05, 3.63) is 59.9 Å². The Kier molecular flexibility index (Phi) is 3.40. The molecular weight excluding hydrogens is 217 g/mol. The zero-order chi connectivity index (χ0) is 12.3. The molecule has 0 aliphatic rings. The first-order valence-corrected chi connectivity index (χ1v) is 5.45. The van der Waals surface area contributed by atoms with Crippen molar-refractivity contribution in [3.63, 3.8) is 0 Å². The van der Waals surface area contributed by atoms with Crippen LogP contribution in [0.5, 0.6) is 11.5 Å². The molecule has 2 aromatic carbocycles. The molecule has 0 radical (unpaired) electrons. The molecule has 0 aliphatic carbocycles. The number of benzene rings is 2. The number of para-hydroxylation sites is 2. The first kappa shape index (κ1) is 11.6. The molecule has 2 rings (SSSR count). The highest BCUT2D eigenvalue weighted by atomic mass is 19.1. The number of nitrogens with two attached hydrogens (primary N) is 1. The fourth-order valence-corrected chi connectivity index (χ4v) is 1.60. The van der Waals surface area contributed by atoms with E-state index >= 15 is 0 Å². The van der Waals surface area contributed by atoms with Crippen LogP contribution in [-0.4, -0.2) is 0 Å². The molecule has 0 saturated carbocycles. The largest absolute Gasteiger partial charge is 0.454 e. The number of rotatable bonds is 3. The lowest BCUT2D eigenvalue weighted by molar-refractivity contribution is 0.432. The third-order valence-electron chi connectivity index (χ3n) is 2.45. The van der Waals surface area contributed by atoms with Crippen molar-refractivity contribution in [1.29, 1.82) is 0 Å². The standard InChI is InChI=1S/C14H14FNO/c1-10(16)12-8-5-9-13(15)14(12)17-11-6-3-2-4-7-11/h2-10H,16H2,1H3/t10-/m1/s1. The summed E-state index contributed by atoms with van der Waals surface area (Å²) in [7, 11) is 0. The molecule has 0 bridgehead atoms. The lowest BCUT2D eigenvalue weighted by atomic mass is 10.1. The van der Waals surface area contributed by atoms with Gasteiger partial charge < -0.3 is 10.5 Å². The maximum atomic E-state index is 13.7. The Hall–Kier alpha value is -1.87. The van der Waals surface area contributed by atoms with Crippen LogP contribution in [0.4, 0.5) is 4.39 Å². The summed E-state index contributed by atoms with van der Waals surface area (Å²) in [6.45, 7) is 1.80. The SMILES string of the molecule is C[C@@H](N)c1cccc(F)c1Oc1ccccc1. The van der Waals surface area contributed by atoms with Gasteiger partial charge in [-0.05, 0) is 25.1 Å². The molecule has 0 spiro atoms. The van der Waals surface area contributed by atoms with Gasteiger partial charge in [0.15, 0.2) is 11.6 Å². The molecule has 2 aromatic rings. The molecule has 0 fully saturated rings. The molecule has 0 saturated heterocycles. The van der Waals surface area contributed by atoms with E-state index in [0.717, 1.165) is 0 Å². The summed E-state index contributed by atoms with van der Waals surface area (Å²) >= 11 is 0. The number of hydrogen-bond donors (Lipinski definition) is 1. The molecule has 17 heavy (non-hydrogen) atoms. The molecule has 0 amide bonds. The Bertz CT molecular complexity index is 497. The maximum absolute atomic E-state index is 13.7. The van der Waals surface area contributed by atoms with E-state index in [-0.39, 0.29) is 11.8 Å². The lowest BCUT2D eigenvalue weighted by Crippen LogP contribution is -2.07. The molecule has 2 N–H and O–H groups in total. The van der Waals surface area contributed by atoms with Crippen molar-refractivity contribution in [3.8, 4) is 11.5 Å². The minimum absolute atomic E-state index is 0.203. The molecule has 0 unspecified atom stereocenters. The van der Waals surface area contributed by atoms with Crippen LogP contribution in [-0.2, 0) is 0 Å². The number of hydrogen-bond acceptors (Lipinski definition) is 2. The first-order valence-electron chi connectivity index (χ1n) is 5.45. The Morgan fingerprint density at radius 3 is 2.41 bits per heavy atom. The van der Waals surface area contributed by atoms with Gasteiger partial charge in [-0.3, -0.25) is 0 Å². The van der Waals surface area contributed by atoms with E-state index < -0.39 is 5.82 Å². The van der Waals surface area contributed by atoms with Crippen LogP contribution in [0, 0.1) is 5.82 Å². The van der Waals surface area contributed by atoms with Crippen molar-refractivity contribution >= 4 is 0 Å². The van der Waals surface area contributed by atoms with Gasteiger partial charge in [-0.15, -0.1) is 0 Å². The summed E-state index contributed by atoms with van der Waals surface area (Å²) < 4.78 is 19.3. The predicted octanol–water partition coefficient (Wildman–Crippen LogP) is 3.64. The summed E-state index contributed by atoms with van der Waals surface area (Å²) in [6.07, 6.45) is 0. The van der Waals surface area contributed by atoms with E-state index in [1.54, 1.807) is 31.2 Å². The number of halogens is 1. The smallest absolute Gasteiger partial charge is 0.167 e. The second-order valence-electron chi connectivity index (χ2n) is 3.86. The van der Waals surface area contributed by atoms with Gasteiger partial charge in [-0.1, -0.05) is 30.3 Å². The van der Waals surface area contributed by atoms with E-state index in [9.17, 15) is 4.39 Å². The third kappa shape index (κ3) is 2.63. The molecule has 2 nitrogen and oxygen atoms in total. The van der Waals surface area contributed by atoms with Crippen LogP contribution in [0.3, 0.4) is 0 Å². The Morgan fingerprint density at radius 1 is 1.06 bits per heavy atom. The van der Waals surface area contributed by atoms with E-state index in [2.05, 4.69) is 0 Å². The molecule has 0 aromatic heterocycles. The van der Waals surface area contributed by atoms with E-state index in [1.807, 2.05) is 18.2 Å². The summed E-state index contributed by atoms with van der Waals surface area (Å²) in [4.78, 5) is 0. The second-order valence-corrected chi connectivity index (χ2v) is 3.86. The van der Waals surface area contributed by atoms with Gasteiger partial charge in [-0.25, -0.2) is 4.39 Å². The monoisotopic (exact) mass is 231 g/mol. The highest BCUT2D eigenvalue weighted by molar-refractivity contribution is 5.40. The fraction of sp³-hybridized carbons (Fsp3) is 0.143. The molecule has 88 valence electrons. The average Bonchev–Trinajstić information content (AvgIpc) is 2.33. The first-order chi connectivity index (χ1) is 8.18. The molecule has 1 atom stereocenters. The normalized spacial score (nSPS) is 12.2. The predicted molar refractivity (Wildman–Crippen MR) is 65.5 cm³/mol. The van der Waals surface area contributed by atoms with Crippen molar-refractivity contribution in [2.45, 2.75) is 13.0 Å². The van der Waals surface area contributed by atoms with Crippen molar-refractivity contribution in [2.75, 3.05) is 0 Å². The van der Waals surface area contributed by atoms with Gasteiger partial charge in [0.25, 0.3) is 0 Å². The van der Waals surface area contributed by atoms with Crippen molar-refractivity contribution in [1.82, 2.24) is 0 Å². The average molecular weight is 231 g/mol.